The molecule has 2 heterocycles. The number of methoxy groups -OCH3 is 1. The second-order valence-corrected chi connectivity index (χ2v) is 8.77. The lowest BCUT2D eigenvalue weighted by Gasteiger charge is -2.40. The first-order chi connectivity index (χ1) is 17.7. The van der Waals surface area contributed by atoms with Crippen molar-refractivity contribution < 1.29 is 53.4 Å². The number of fused-ring (bicyclic) bond motifs is 1. The lowest BCUT2D eigenvalue weighted by atomic mass is 9.98. The number of ether oxygens (including phenoxy) is 4. The third kappa shape index (κ3) is 5.86. The molecule has 0 amide bonds. The highest BCUT2D eigenvalue weighted by atomic mass is 16.7. The fourth-order valence-corrected chi connectivity index (χ4v) is 4.15. The van der Waals surface area contributed by atoms with E-state index in [4.69, 9.17) is 18.6 Å². The first-order valence-electron chi connectivity index (χ1n) is 11.6. The number of phenolic OH excluding ortho intramolecular Hbond substituents is 1. The molecule has 11 heteroatoms. The van der Waals surface area contributed by atoms with Crippen molar-refractivity contribution in [2.24, 2.45) is 0 Å². The number of benzene rings is 2. The third-order valence-corrected chi connectivity index (χ3v) is 6.11. The standard InChI is InChI=1S/C26H28O11/c1-13-9-17(28)21(16(27)5-3-14-4-6-18-15(11-14)7-8-34-18)19(10-13)36-25-24(31)23(30)22(29)20(37-25)12-35-26(32)33-2/h4,6-11,20,22-25,28-31H,3,5,12H2,1-2H3/t20?,22-,23+,24?,25-/m1/s1. The van der Waals surface area contributed by atoms with E-state index in [1.54, 1.807) is 13.2 Å². The molecule has 1 aliphatic heterocycles. The Bertz CT molecular complexity index is 1270. The molecule has 1 fully saturated rings. The number of phenols is 1. The summed E-state index contributed by atoms with van der Waals surface area (Å²) in [5.41, 5.74) is 2.07. The third-order valence-electron chi connectivity index (χ3n) is 6.11. The van der Waals surface area contributed by atoms with E-state index in [9.17, 15) is 30.0 Å². The van der Waals surface area contributed by atoms with Crippen molar-refractivity contribution in [1.82, 2.24) is 0 Å². The number of hydrogen-bond acceptors (Lipinski definition) is 11. The molecule has 4 N–H and O–H groups in total. The Labute approximate surface area is 211 Å². The quantitative estimate of drug-likeness (QED) is 0.256. The van der Waals surface area contributed by atoms with Crippen molar-refractivity contribution in [3.8, 4) is 11.5 Å². The zero-order chi connectivity index (χ0) is 26.7. The van der Waals surface area contributed by atoms with E-state index in [1.807, 2.05) is 24.3 Å². The number of carbonyl (C=O) groups excluding carboxylic acids is 2. The van der Waals surface area contributed by atoms with E-state index in [2.05, 4.69) is 4.74 Å². The molecule has 0 saturated carbocycles. The van der Waals surface area contributed by atoms with Crippen LogP contribution < -0.4 is 4.74 Å². The van der Waals surface area contributed by atoms with E-state index in [0.29, 0.717) is 12.0 Å². The van der Waals surface area contributed by atoms with E-state index >= 15 is 0 Å². The summed E-state index contributed by atoms with van der Waals surface area (Å²) in [6.07, 6.45) is -6.86. The van der Waals surface area contributed by atoms with Gasteiger partial charge in [0.15, 0.2) is 5.78 Å². The van der Waals surface area contributed by atoms with E-state index in [0.717, 1.165) is 23.6 Å². The highest BCUT2D eigenvalue weighted by Crippen LogP contribution is 2.34. The number of hydrogen-bond donors (Lipinski definition) is 4. The molecule has 11 nitrogen and oxygen atoms in total. The van der Waals surface area contributed by atoms with Crippen LogP contribution in [0, 0.1) is 6.92 Å². The highest BCUT2D eigenvalue weighted by Gasteiger charge is 2.46. The molecule has 2 aromatic carbocycles. The zero-order valence-corrected chi connectivity index (χ0v) is 20.2. The second-order valence-electron chi connectivity index (χ2n) is 8.77. The Kier molecular flexibility index (Phi) is 7.98. The summed E-state index contributed by atoms with van der Waals surface area (Å²) in [5, 5.41) is 42.5. The van der Waals surface area contributed by atoms with Gasteiger partial charge in [-0.05, 0) is 54.8 Å². The zero-order valence-electron chi connectivity index (χ0n) is 20.2. The van der Waals surface area contributed by atoms with Crippen LogP contribution in [0.15, 0.2) is 47.1 Å². The Morgan fingerprint density at radius 3 is 2.57 bits per heavy atom. The van der Waals surface area contributed by atoms with Crippen LogP contribution in [0.2, 0.25) is 0 Å². The number of ketones is 1. The van der Waals surface area contributed by atoms with Gasteiger partial charge >= 0.3 is 6.16 Å². The first-order valence-corrected chi connectivity index (χ1v) is 11.6. The van der Waals surface area contributed by atoms with E-state index in [-0.39, 0.29) is 23.5 Å². The number of Topliss-reactive ketones (excluding diaryl/α,β-unsaturated/α-hetero) is 1. The number of aromatic hydroxyl groups is 1. The minimum atomic E-state index is -1.71. The van der Waals surface area contributed by atoms with Crippen molar-refractivity contribution in [2.75, 3.05) is 13.7 Å². The highest BCUT2D eigenvalue weighted by molar-refractivity contribution is 6.01. The molecule has 2 unspecified atom stereocenters. The van der Waals surface area contributed by atoms with Gasteiger partial charge in [-0.1, -0.05) is 6.07 Å². The van der Waals surface area contributed by atoms with Gasteiger partial charge in [-0.15, -0.1) is 0 Å². The molecule has 37 heavy (non-hydrogen) atoms. The van der Waals surface area contributed by atoms with Gasteiger partial charge in [0.2, 0.25) is 6.29 Å². The summed E-state index contributed by atoms with van der Waals surface area (Å²) in [5.74, 6) is -0.814. The molecule has 3 aromatic rings. The van der Waals surface area contributed by atoms with Gasteiger partial charge in [-0.3, -0.25) is 4.79 Å². The Balaban J connectivity index is 1.52. The number of carbonyl (C=O) groups is 2. The van der Waals surface area contributed by atoms with Gasteiger partial charge in [0, 0.05) is 11.8 Å². The van der Waals surface area contributed by atoms with Gasteiger partial charge < -0.3 is 43.8 Å². The summed E-state index contributed by atoms with van der Waals surface area (Å²) in [6, 6.07) is 10.3. The van der Waals surface area contributed by atoms with Crippen LogP contribution in [-0.4, -0.2) is 76.8 Å². The number of furan rings is 1. The topological polar surface area (TPSA) is 165 Å². The minimum Gasteiger partial charge on any atom is -0.507 e. The Morgan fingerprint density at radius 1 is 1.03 bits per heavy atom. The van der Waals surface area contributed by atoms with Gasteiger partial charge in [-0.2, -0.15) is 0 Å². The van der Waals surface area contributed by atoms with Gasteiger partial charge in [0.1, 0.15) is 53.7 Å². The summed E-state index contributed by atoms with van der Waals surface area (Å²) >= 11 is 0. The van der Waals surface area contributed by atoms with E-state index < -0.39 is 49.3 Å². The predicted octanol–water partition coefficient (Wildman–Crippen LogP) is 2.23. The molecule has 1 saturated heterocycles. The molecule has 1 aliphatic rings. The summed E-state index contributed by atoms with van der Waals surface area (Å²) in [7, 11) is 1.10. The second kappa shape index (κ2) is 11.2. The maximum absolute atomic E-state index is 13.2. The largest absolute Gasteiger partial charge is 0.508 e. The number of rotatable bonds is 8. The number of aliphatic hydroxyl groups is 3. The maximum Gasteiger partial charge on any atom is 0.508 e. The predicted molar refractivity (Wildman–Crippen MR) is 127 cm³/mol. The van der Waals surface area contributed by atoms with E-state index in [1.165, 1.54) is 12.1 Å². The molecule has 0 radical (unpaired) electrons. The summed E-state index contributed by atoms with van der Waals surface area (Å²) < 4.78 is 25.8. The van der Waals surface area contributed by atoms with Crippen LogP contribution in [0.3, 0.4) is 0 Å². The number of aryl methyl sites for hydroxylation is 2. The maximum atomic E-state index is 13.2. The molecule has 0 aliphatic carbocycles. The summed E-state index contributed by atoms with van der Waals surface area (Å²) in [4.78, 5) is 24.5. The average Bonchev–Trinajstić information content (AvgIpc) is 3.34. The fraction of sp³-hybridized carbons (Fsp3) is 0.385. The van der Waals surface area contributed by atoms with Crippen molar-refractivity contribution in [1.29, 1.82) is 0 Å². The monoisotopic (exact) mass is 516 g/mol. The van der Waals surface area contributed by atoms with Crippen LogP contribution in [0.4, 0.5) is 4.79 Å². The van der Waals surface area contributed by atoms with Crippen LogP contribution in [0.5, 0.6) is 11.5 Å². The van der Waals surface area contributed by atoms with Crippen LogP contribution >= 0.6 is 0 Å². The lowest BCUT2D eigenvalue weighted by molar-refractivity contribution is -0.277. The molecular weight excluding hydrogens is 488 g/mol. The molecule has 0 bridgehead atoms. The number of aliphatic hydroxyl groups excluding tert-OH is 3. The molecule has 0 spiro atoms. The fourth-order valence-electron chi connectivity index (χ4n) is 4.15. The van der Waals surface area contributed by atoms with Gasteiger partial charge in [0.25, 0.3) is 0 Å². The molecule has 4 rings (SSSR count). The minimum absolute atomic E-state index is 0.0430. The molecule has 198 valence electrons. The van der Waals surface area contributed by atoms with Crippen molar-refractivity contribution in [3.63, 3.8) is 0 Å². The molecule has 1 aromatic heterocycles. The van der Waals surface area contributed by atoms with Crippen LogP contribution in [-0.2, 0) is 20.6 Å². The molecular formula is C26H28O11. The SMILES string of the molecule is COC(=O)OCC1O[C@@H](Oc2cc(C)cc(O)c2C(=O)CCc2ccc3occc3c2)C(O)[C@@H](O)[C@@H]1O. The van der Waals surface area contributed by atoms with Gasteiger partial charge in [0.05, 0.1) is 13.4 Å². The van der Waals surface area contributed by atoms with Gasteiger partial charge in [-0.25, -0.2) is 4.79 Å². The van der Waals surface area contributed by atoms with Crippen LogP contribution in [0.1, 0.15) is 27.9 Å². The Morgan fingerprint density at radius 2 is 1.81 bits per heavy atom. The van der Waals surface area contributed by atoms with Crippen molar-refractivity contribution in [3.05, 3.63) is 59.4 Å². The lowest BCUT2D eigenvalue weighted by Crippen LogP contribution is -2.60. The van der Waals surface area contributed by atoms with Crippen molar-refractivity contribution >= 4 is 22.9 Å². The molecule has 5 atom stereocenters. The first kappa shape index (κ1) is 26.4. The normalized spacial score (nSPS) is 23.5. The smallest absolute Gasteiger partial charge is 0.507 e. The van der Waals surface area contributed by atoms with Crippen molar-refractivity contribution in [2.45, 2.75) is 50.5 Å². The van der Waals surface area contributed by atoms with Crippen LogP contribution in [0.25, 0.3) is 11.0 Å². The Hall–Kier alpha value is -3.64. The average molecular weight is 516 g/mol. The summed E-state index contributed by atoms with van der Waals surface area (Å²) in [6.45, 7) is 1.17.